The van der Waals surface area contributed by atoms with Crippen LogP contribution in [0.1, 0.15) is 32.3 Å². The maximum Gasteiger partial charge on any atom is 0.264 e. The number of halogens is 1. The fraction of sp³-hybridized carbons (Fsp3) is 0.529. The summed E-state index contributed by atoms with van der Waals surface area (Å²) in [6.45, 7) is 8.31. The second-order valence-electron chi connectivity index (χ2n) is 6.32. The highest BCUT2D eigenvalue weighted by molar-refractivity contribution is 7.85. The molecule has 0 aliphatic rings. The lowest BCUT2D eigenvalue weighted by atomic mass is 9.81. The molecule has 2 atom stereocenters. The summed E-state index contributed by atoms with van der Waals surface area (Å²) in [5.74, 6) is -0.332. The van der Waals surface area contributed by atoms with Crippen molar-refractivity contribution in [2.75, 3.05) is 5.75 Å². The van der Waals surface area contributed by atoms with Crippen molar-refractivity contribution in [2.45, 2.75) is 44.8 Å². The number of rotatable bonds is 10. The second kappa shape index (κ2) is 8.83. The van der Waals surface area contributed by atoms with Crippen LogP contribution in [0, 0.1) is 5.41 Å². The molecule has 0 fully saturated rings. The average Bonchev–Trinajstić information content (AvgIpc) is 2.45. The van der Waals surface area contributed by atoms with Crippen molar-refractivity contribution in [3.05, 3.63) is 48.6 Å². The minimum Gasteiger partial charge on any atom is -0.369 e. The molecule has 0 spiro atoms. The van der Waals surface area contributed by atoms with Crippen LogP contribution in [0.3, 0.4) is 0 Å². The first kappa shape index (κ1) is 20.2. The van der Waals surface area contributed by atoms with Crippen LogP contribution in [0.5, 0.6) is 0 Å². The lowest BCUT2D eigenvalue weighted by Gasteiger charge is -2.34. The summed E-state index contributed by atoms with van der Waals surface area (Å²) >= 11 is 6.22. The van der Waals surface area contributed by atoms with E-state index in [0.717, 1.165) is 5.56 Å². The van der Waals surface area contributed by atoms with E-state index in [-0.39, 0.29) is 29.1 Å². The molecule has 6 heteroatoms. The molecule has 0 aliphatic carbocycles. The highest BCUT2D eigenvalue weighted by atomic mass is 35.5. The van der Waals surface area contributed by atoms with Crippen molar-refractivity contribution >= 4 is 21.7 Å². The molecule has 0 bridgehead atoms. The smallest absolute Gasteiger partial charge is 0.264 e. The van der Waals surface area contributed by atoms with Crippen molar-refractivity contribution in [3.63, 3.8) is 0 Å². The molecule has 1 aromatic rings. The largest absolute Gasteiger partial charge is 0.369 e. The van der Waals surface area contributed by atoms with Gasteiger partial charge >= 0.3 is 0 Å². The zero-order valence-corrected chi connectivity index (χ0v) is 15.2. The van der Waals surface area contributed by atoms with E-state index in [1.54, 1.807) is 6.08 Å². The molecule has 0 saturated heterocycles. The molecule has 4 nitrogen and oxygen atoms in total. The summed E-state index contributed by atoms with van der Waals surface area (Å²) in [5, 5.41) is -0.366. The monoisotopic (exact) mass is 360 g/mol. The van der Waals surface area contributed by atoms with E-state index < -0.39 is 10.1 Å². The summed E-state index contributed by atoms with van der Waals surface area (Å²) in [7, 11) is -3.98. The molecule has 1 unspecified atom stereocenters. The lowest BCUT2D eigenvalue weighted by Crippen LogP contribution is -2.33. The molecule has 0 radical (unpaired) electrons. The lowest BCUT2D eigenvalue weighted by molar-refractivity contribution is -0.00797. The van der Waals surface area contributed by atoms with Gasteiger partial charge in [0.05, 0.1) is 18.5 Å². The molecule has 0 amide bonds. The van der Waals surface area contributed by atoms with Gasteiger partial charge in [-0.1, -0.05) is 50.3 Å². The molecule has 0 aromatic heterocycles. The quantitative estimate of drug-likeness (QED) is 0.388. The van der Waals surface area contributed by atoms with Gasteiger partial charge in [0, 0.05) is 5.38 Å². The van der Waals surface area contributed by atoms with Gasteiger partial charge in [-0.2, -0.15) is 8.42 Å². The Labute approximate surface area is 144 Å². The number of hydrogen-bond donors (Lipinski definition) is 1. The van der Waals surface area contributed by atoms with Crippen molar-refractivity contribution in [2.24, 2.45) is 5.41 Å². The van der Waals surface area contributed by atoms with E-state index in [1.165, 1.54) is 0 Å². The molecule has 130 valence electrons. The topological polar surface area (TPSA) is 63.6 Å². The van der Waals surface area contributed by atoms with E-state index >= 15 is 0 Å². The van der Waals surface area contributed by atoms with Gasteiger partial charge in [0.15, 0.2) is 0 Å². The third-order valence-corrected chi connectivity index (χ3v) is 4.82. The average molecular weight is 361 g/mol. The van der Waals surface area contributed by atoms with Crippen LogP contribution in [0.4, 0.5) is 0 Å². The summed E-state index contributed by atoms with van der Waals surface area (Å²) in [4.78, 5) is 0. The molecule has 1 N–H and O–H groups in total. The van der Waals surface area contributed by atoms with Crippen LogP contribution in [0.25, 0.3) is 0 Å². The minimum absolute atomic E-state index is 0.201. The first-order valence-corrected chi connectivity index (χ1v) is 9.56. The van der Waals surface area contributed by atoms with Gasteiger partial charge in [0.25, 0.3) is 10.1 Å². The van der Waals surface area contributed by atoms with E-state index in [4.69, 9.17) is 20.9 Å². The van der Waals surface area contributed by atoms with Crippen molar-refractivity contribution in [3.8, 4) is 0 Å². The molecular formula is C17H25ClO4S. The normalized spacial score (nSPS) is 15.1. The Bertz CT molecular complexity index is 584. The second-order valence-corrected chi connectivity index (χ2v) is 8.51. The van der Waals surface area contributed by atoms with Crippen molar-refractivity contribution in [1.29, 1.82) is 0 Å². The van der Waals surface area contributed by atoms with Crippen LogP contribution in [-0.4, -0.2) is 30.2 Å². The minimum atomic E-state index is -3.98. The maximum absolute atomic E-state index is 10.8. The zero-order chi connectivity index (χ0) is 17.5. The predicted molar refractivity (Wildman–Crippen MR) is 94.3 cm³/mol. The molecule has 0 saturated carbocycles. The summed E-state index contributed by atoms with van der Waals surface area (Å²) in [6.07, 6.45) is 2.28. The molecule has 1 rings (SSSR count). The van der Waals surface area contributed by atoms with Gasteiger partial charge in [-0.25, -0.2) is 0 Å². The molecule has 0 aliphatic heterocycles. The van der Waals surface area contributed by atoms with E-state index in [1.807, 2.05) is 44.2 Å². The van der Waals surface area contributed by atoms with Gasteiger partial charge in [-0.15, -0.1) is 18.2 Å². The number of ether oxygens (including phenoxy) is 1. The van der Waals surface area contributed by atoms with Crippen molar-refractivity contribution in [1.82, 2.24) is 0 Å². The Morgan fingerprint density at radius 3 is 2.48 bits per heavy atom. The third-order valence-electron chi connectivity index (χ3n) is 3.69. The molecule has 1 aromatic carbocycles. The van der Waals surface area contributed by atoms with Crippen LogP contribution in [0.2, 0.25) is 0 Å². The Hall–Kier alpha value is -0.880. The number of hydrogen-bond acceptors (Lipinski definition) is 3. The van der Waals surface area contributed by atoms with Crippen LogP contribution >= 0.6 is 11.6 Å². The van der Waals surface area contributed by atoms with Gasteiger partial charge in [0.1, 0.15) is 0 Å². The Balaban J connectivity index is 2.58. The predicted octanol–water partition coefficient (Wildman–Crippen LogP) is 4.06. The van der Waals surface area contributed by atoms with Crippen LogP contribution in [-0.2, 0) is 21.5 Å². The van der Waals surface area contributed by atoms with Gasteiger partial charge in [-0.05, 0) is 23.8 Å². The Morgan fingerprint density at radius 1 is 1.35 bits per heavy atom. The Kier molecular flexibility index (Phi) is 7.74. The van der Waals surface area contributed by atoms with Crippen molar-refractivity contribution < 1.29 is 17.7 Å². The fourth-order valence-corrected chi connectivity index (χ4v) is 3.66. The molecular weight excluding hydrogens is 336 g/mol. The number of benzene rings is 1. The van der Waals surface area contributed by atoms with Crippen LogP contribution < -0.4 is 0 Å². The highest BCUT2D eigenvalue weighted by Gasteiger charge is 2.31. The van der Waals surface area contributed by atoms with E-state index in [0.29, 0.717) is 13.0 Å². The van der Waals surface area contributed by atoms with Crippen LogP contribution in [0.15, 0.2) is 43.0 Å². The third kappa shape index (κ3) is 7.97. The van der Waals surface area contributed by atoms with Gasteiger partial charge in [0.2, 0.25) is 0 Å². The standard InChI is InChI=1S/C17H25ClO4S/c1-4-16(22-13-14-8-6-5-7-9-14)17(2,3)12-15(18)10-11-23(19,20)21/h4-9,15-16H,1,10-13H2,2-3H3,(H,19,20,21)/t15?,16-/m0/s1. The van der Waals surface area contributed by atoms with E-state index in [9.17, 15) is 8.42 Å². The molecule has 23 heavy (non-hydrogen) atoms. The first-order valence-electron chi connectivity index (χ1n) is 7.51. The Morgan fingerprint density at radius 2 is 1.96 bits per heavy atom. The summed E-state index contributed by atoms with van der Waals surface area (Å²) < 4.78 is 36.4. The summed E-state index contributed by atoms with van der Waals surface area (Å²) in [6, 6.07) is 9.84. The van der Waals surface area contributed by atoms with Gasteiger partial charge < -0.3 is 4.74 Å². The summed E-state index contributed by atoms with van der Waals surface area (Å²) in [5.41, 5.74) is 0.770. The molecule has 0 heterocycles. The fourth-order valence-electron chi connectivity index (χ4n) is 2.44. The maximum atomic E-state index is 10.8. The number of alkyl halides is 1. The van der Waals surface area contributed by atoms with E-state index in [2.05, 4.69) is 6.58 Å². The highest BCUT2D eigenvalue weighted by Crippen LogP contribution is 2.33. The first-order chi connectivity index (χ1) is 10.6. The zero-order valence-electron chi connectivity index (χ0n) is 13.6. The SMILES string of the molecule is C=C[C@H](OCc1ccccc1)C(C)(C)CC(Cl)CCS(=O)(=O)O. The van der Waals surface area contributed by atoms with Gasteiger partial charge in [-0.3, -0.25) is 4.55 Å².